The number of H-pyrrole nitrogens is 1. The lowest BCUT2D eigenvalue weighted by Crippen LogP contribution is -1.95. The smallest absolute Gasteiger partial charge is 0.203 e. The molecule has 0 radical (unpaired) electrons. The molecule has 132 valence electrons. The Morgan fingerprint density at radius 1 is 0.840 bits per heavy atom. The molecule has 0 atom stereocenters. The fourth-order valence-corrected chi connectivity index (χ4v) is 3.82. The SMILES string of the molecule is COc1ccc2[nH]c(C)c(Sc3cc(OC)c(OC)c(OC)c3)c2c1. The first kappa shape index (κ1) is 17.4. The van der Waals surface area contributed by atoms with Gasteiger partial charge >= 0.3 is 0 Å². The van der Waals surface area contributed by atoms with Gasteiger partial charge in [-0.1, -0.05) is 11.8 Å². The molecule has 25 heavy (non-hydrogen) atoms. The van der Waals surface area contributed by atoms with Gasteiger partial charge < -0.3 is 23.9 Å². The third-order valence-electron chi connectivity index (χ3n) is 3.99. The third-order valence-corrected chi connectivity index (χ3v) is 5.19. The monoisotopic (exact) mass is 359 g/mol. The molecule has 0 saturated carbocycles. The summed E-state index contributed by atoms with van der Waals surface area (Å²) < 4.78 is 21.6. The molecule has 3 aromatic rings. The Morgan fingerprint density at radius 2 is 1.52 bits per heavy atom. The summed E-state index contributed by atoms with van der Waals surface area (Å²) in [5, 5.41) is 1.12. The van der Waals surface area contributed by atoms with Crippen LogP contribution in [0, 0.1) is 6.92 Å². The molecule has 0 unspecified atom stereocenters. The van der Waals surface area contributed by atoms with E-state index in [9.17, 15) is 0 Å². The summed E-state index contributed by atoms with van der Waals surface area (Å²) in [6.45, 7) is 2.06. The molecule has 2 aromatic carbocycles. The maximum atomic E-state index is 5.45. The maximum absolute atomic E-state index is 5.45. The number of aryl methyl sites for hydroxylation is 1. The van der Waals surface area contributed by atoms with Crippen LogP contribution in [0.4, 0.5) is 0 Å². The number of hydrogen-bond donors (Lipinski definition) is 1. The highest BCUT2D eigenvalue weighted by molar-refractivity contribution is 7.99. The normalized spacial score (nSPS) is 10.8. The standard InChI is InChI=1S/C19H21NO4S/c1-11-19(14-8-12(21-2)6-7-15(14)20-11)25-13-9-16(22-3)18(24-5)17(10-13)23-4/h6-10,20H,1-5H3. The van der Waals surface area contributed by atoms with E-state index in [0.29, 0.717) is 17.2 Å². The van der Waals surface area contributed by atoms with E-state index in [-0.39, 0.29) is 0 Å². The van der Waals surface area contributed by atoms with Crippen molar-refractivity contribution in [2.75, 3.05) is 28.4 Å². The second-order valence-electron chi connectivity index (χ2n) is 5.45. The van der Waals surface area contributed by atoms with Crippen molar-refractivity contribution in [2.24, 2.45) is 0 Å². The average Bonchev–Trinajstić information content (AvgIpc) is 2.95. The van der Waals surface area contributed by atoms with Gasteiger partial charge in [-0.25, -0.2) is 0 Å². The average molecular weight is 359 g/mol. The van der Waals surface area contributed by atoms with Gasteiger partial charge in [-0.15, -0.1) is 0 Å². The molecule has 0 bridgehead atoms. The van der Waals surface area contributed by atoms with Crippen molar-refractivity contribution in [1.29, 1.82) is 0 Å². The molecule has 1 aromatic heterocycles. The van der Waals surface area contributed by atoms with Crippen molar-refractivity contribution >= 4 is 22.7 Å². The molecule has 0 amide bonds. The summed E-state index contributed by atoms with van der Waals surface area (Å²) in [5.74, 6) is 2.70. The molecular weight excluding hydrogens is 338 g/mol. The Hall–Kier alpha value is -2.47. The van der Waals surface area contributed by atoms with Crippen LogP contribution in [-0.2, 0) is 0 Å². The number of hydrogen-bond acceptors (Lipinski definition) is 5. The highest BCUT2D eigenvalue weighted by Gasteiger charge is 2.16. The number of benzene rings is 2. The van der Waals surface area contributed by atoms with Crippen molar-refractivity contribution in [2.45, 2.75) is 16.7 Å². The zero-order chi connectivity index (χ0) is 18.0. The number of aromatic amines is 1. The van der Waals surface area contributed by atoms with E-state index in [1.54, 1.807) is 40.2 Å². The Kier molecular flexibility index (Phi) is 4.99. The van der Waals surface area contributed by atoms with E-state index in [4.69, 9.17) is 18.9 Å². The fourth-order valence-electron chi connectivity index (χ4n) is 2.77. The lowest BCUT2D eigenvalue weighted by atomic mass is 10.2. The van der Waals surface area contributed by atoms with Gasteiger partial charge in [0.2, 0.25) is 5.75 Å². The summed E-state index contributed by atoms with van der Waals surface area (Å²) in [6.07, 6.45) is 0. The van der Waals surface area contributed by atoms with Gasteiger partial charge in [-0.3, -0.25) is 0 Å². The molecule has 6 heteroatoms. The zero-order valence-electron chi connectivity index (χ0n) is 14.9. The molecule has 3 rings (SSSR count). The van der Waals surface area contributed by atoms with Crippen molar-refractivity contribution in [1.82, 2.24) is 4.98 Å². The Morgan fingerprint density at radius 3 is 2.08 bits per heavy atom. The van der Waals surface area contributed by atoms with Gasteiger partial charge in [0.1, 0.15) is 5.75 Å². The molecule has 0 aliphatic heterocycles. The largest absolute Gasteiger partial charge is 0.497 e. The highest BCUT2D eigenvalue weighted by atomic mass is 32.2. The minimum Gasteiger partial charge on any atom is -0.497 e. The summed E-state index contributed by atoms with van der Waals surface area (Å²) in [7, 11) is 6.51. The second kappa shape index (κ2) is 7.19. The van der Waals surface area contributed by atoms with E-state index in [0.717, 1.165) is 32.1 Å². The molecular formula is C19H21NO4S. The molecule has 0 aliphatic rings. The molecule has 0 aliphatic carbocycles. The molecule has 1 N–H and O–H groups in total. The zero-order valence-corrected chi connectivity index (χ0v) is 15.7. The quantitative estimate of drug-likeness (QED) is 0.693. The van der Waals surface area contributed by atoms with Gasteiger partial charge in [-0.05, 0) is 37.3 Å². The Balaban J connectivity index is 2.08. The first-order valence-electron chi connectivity index (χ1n) is 7.75. The van der Waals surface area contributed by atoms with Crippen LogP contribution in [0.1, 0.15) is 5.69 Å². The van der Waals surface area contributed by atoms with Gasteiger partial charge in [0, 0.05) is 26.4 Å². The number of rotatable bonds is 6. The van der Waals surface area contributed by atoms with Crippen LogP contribution < -0.4 is 18.9 Å². The van der Waals surface area contributed by atoms with Crippen molar-refractivity contribution < 1.29 is 18.9 Å². The van der Waals surface area contributed by atoms with Crippen LogP contribution in [-0.4, -0.2) is 33.4 Å². The lowest BCUT2D eigenvalue weighted by molar-refractivity contribution is 0.323. The second-order valence-corrected chi connectivity index (χ2v) is 6.54. The number of aromatic nitrogens is 1. The predicted octanol–water partition coefficient (Wildman–Crippen LogP) is 4.66. The van der Waals surface area contributed by atoms with Crippen LogP contribution in [0.2, 0.25) is 0 Å². The first-order valence-corrected chi connectivity index (χ1v) is 8.57. The van der Waals surface area contributed by atoms with E-state index < -0.39 is 0 Å². The van der Waals surface area contributed by atoms with Crippen molar-refractivity contribution in [3.8, 4) is 23.0 Å². The molecule has 0 spiro atoms. The van der Waals surface area contributed by atoms with Crippen molar-refractivity contribution in [3.63, 3.8) is 0 Å². The minimum absolute atomic E-state index is 0.590. The van der Waals surface area contributed by atoms with Crippen LogP contribution >= 0.6 is 11.8 Å². The van der Waals surface area contributed by atoms with Gasteiger partial charge in [0.25, 0.3) is 0 Å². The van der Waals surface area contributed by atoms with Crippen molar-refractivity contribution in [3.05, 3.63) is 36.0 Å². The third kappa shape index (κ3) is 3.22. The van der Waals surface area contributed by atoms with Gasteiger partial charge in [0.15, 0.2) is 11.5 Å². The molecule has 5 nitrogen and oxygen atoms in total. The fraction of sp³-hybridized carbons (Fsp3) is 0.263. The summed E-state index contributed by atoms with van der Waals surface area (Å²) in [6, 6.07) is 9.92. The number of ether oxygens (including phenoxy) is 4. The lowest BCUT2D eigenvalue weighted by Gasteiger charge is -2.14. The number of nitrogens with one attached hydrogen (secondary N) is 1. The Bertz CT molecular complexity index is 879. The number of fused-ring (bicyclic) bond motifs is 1. The molecule has 1 heterocycles. The van der Waals surface area contributed by atoms with E-state index in [1.807, 2.05) is 30.3 Å². The van der Waals surface area contributed by atoms with E-state index in [1.165, 1.54) is 0 Å². The van der Waals surface area contributed by atoms with E-state index >= 15 is 0 Å². The molecule has 0 fully saturated rings. The topological polar surface area (TPSA) is 52.7 Å². The first-order chi connectivity index (χ1) is 12.1. The summed E-state index contributed by atoms with van der Waals surface area (Å²) in [5.41, 5.74) is 2.18. The van der Waals surface area contributed by atoms with Crippen LogP contribution in [0.3, 0.4) is 0 Å². The van der Waals surface area contributed by atoms with Gasteiger partial charge in [0.05, 0.1) is 28.4 Å². The molecule has 0 saturated heterocycles. The summed E-state index contributed by atoms with van der Waals surface area (Å²) >= 11 is 1.65. The van der Waals surface area contributed by atoms with Crippen LogP contribution in [0.5, 0.6) is 23.0 Å². The Labute approximate surface area is 151 Å². The number of methoxy groups -OCH3 is 4. The summed E-state index contributed by atoms with van der Waals surface area (Å²) in [4.78, 5) is 5.56. The minimum atomic E-state index is 0.590. The van der Waals surface area contributed by atoms with Gasteiger partial charge in [-0.2, -0.15) is 0 Å². The maximum Gasteiger partial charge on any atom is 0.203 e. The van der Waals surface area contributed by atoms with E-state index in [2.05, 4.69) is 11.9 Å². The van der Waals surface area contributed by atoms with Crippen LogP contribution in [0.15, 0.2) is 40.1 Å². The van der Waals surface area contributed by atoms with Crippen LogP contribution in [0.25, 0.3) is 10.9 Å². The highest BCUT2D eigenvalue weighted by Crippen LogP contribution is 2.44. The predicted molar refractivity (Wildman–Crippen MR) is 99.8 cm³/mol.